The third kappa shape index (κ3) is 4.34. The first-order valence-corrected chi connectivity index (χ1v) is 10.3. The summed E-state index contributed by atoms with van der Waals surface area (Å²) in [6, 6.07) is 23.1. The predicted molar refractivity (Wildman–Crippen MR) is 124 cm³/mol. The Bertz CT molecular complexity index is 1230. The van der Waals surface area contributed by atoms with Gasteiger partial charge in [0.25, 0.3) is 5.91 Å². The molecule has 3 aromatic carbocycles. The van der Waals surface area contributed by atoms with E-state index in [-0.39, 0.29) is 5.91 Å². The van der Waals surface area contributed by atoms with Crippen molar-refractivity contribution >= 4 is 5.91 Å². The summed E-state index contributed by atoms with van der Waals surface area (Å²) in [5.41, 5.74) is 4.77. The summed E-state index contributed by atoms with van der Waals surface area (Å²) < 4.78 is 12.6. The Kier molecular flexibility index (Phi) is 6.22. The van der Waals surface area contributed by atoms with Gasteiger partial charge < -0.3 is 14.8 Å². The van der Waals surface area contributed by atoms with E-state index in [1.807, 2.05) is 73.7 Å². The molecule has 0 saturated heterocycles. The lowest BCUT2D eigenvalue weighted by molar-refractivity contribution is 0.0951. The van der Waals surface area contributed by atoms with Crippen LogP contribution in [0.15, 0.2) is 79.0 Å². The number of carbonyl (C=O) groups excluding carboxylic acids is 1. The van der Waals surface area contributed by atoms with Crippen LogP contribution in [-0.4, -0.2) is 29.9 Å². The molecule has 0 unspecified atom stereocenters. The molecule has 0 aliphatic heterocycles. The number of nitrogens with zero attached hydrogens (tertiary/aromatic N) is 2. The van der Waals surface area contributed by atoms with E-state index in [9.17, 15) is 4.79 Å². The zero-order valence-electron chi connectivity index (χ0n) is 18.3. The number of ether oxygens (including phenoxy) is 2. The number of amides is 1. The average molecular weight is 428 g/mol. The molecule has 6 heteroatoms. The summed E-state index contributed by atoms with van der Waals surface area (Å²) in [6.45, 7) is 2.46. The Labute approximate surface area is 187 Å². The van der Waals surface area contributed by atoms with Crippen LogP contribution >= 0.6 is 0 Å². The Balaban J connectivity index is 1.74. The van der Waals surface area contributed by atoms with Gasteiger partial charge in [-0.3, -0.25) is 4.79 Å². The van der Waals surface area contributed by atoms with Crippen molar-refractivity contribution in [1.29, 1.82) is 0 Å². The fourth-order valence-electron chi connectivity index (χ4n) is 3.53. The van der Waals surface area contributed by atoms with Gasteiger partial charge in [0.2, 0.25) is 0 Å². The molecule has 162 valence electrons. The number of hydrogen-bond donors (Lipinski definition) is 1. The predicted octanol–water partition coefficient (Wildman–Crippen LogP) is 4.79. The van der Waals surface area contributed by atoms with Crippen LogP contribution in [-0.2, 0) is 6.54 Å². The summed E-state index contributed by atoms with van der Waals surface area (Å²) in [4.78, 5) is 13.3. The van der Waals surface area contributed by atoms with Crippen molar-refractivity contribution in [3.8, 4) is 28.4 Å². The van der Waals surface area contributed by atoms with Crippen molar-refractivity contribution in [3.05, 3.63) is 95.7 Å². The first-order valence-electron chi connectivity index (χ1n) is 10.3. The van der Waals surface area contributed by atoms with Gasteiger partial charge in [0.05, 0.1) is 25.5 Å². The molecule has 1 aromatic heterocycles. The van der Waals surface area contributed by atoms with Crippen LogP contribution in [0.2, 0.25) is 0 Å². The number of methoxy groups -OCH3 is 2. The van der Waals surface area contributed by atoms with Gasteiger partial charge >= 0.3 is 0 Å². The number of aromatic nitrogens is 2. The average Bonchev–Trinajstić information content (AvgIpc) is 3.29. The Morgan fingerprint density at radius 3 is 2.44 bits per heavy atom. The highest BCUT2D eigenvalue weighted by Gasteiger charge is 2.21. The summed E-state index contributed by atoms with van der Waals surface area (Å²) in [5.74, 6) is 1.04. The first kappa shape index (κ1) is 21.2. The number of benzene rings is 3. The molecule has 0 atom stereocenters. The minimum Gasteiger partial charge on any atom is -0.497 e. The fourth-order valence-corrected chi connectivity index (χ4v) is 3.53. The maximum absolute atomic E-state index is 13.3. The molecule has 6 nitrogen and oxygen atoms in total. The summed E-state index contributed by atoms with van der Waals surface area (Å²) in [5, 5.41) is 7.78. The van der Waals surface area contributed by atoms with Gasteiger partial charge in [-0.2, -0.15) is 5.10 Å². The molecule has 0 spiro atoms. The standard InChI is InChI=1S/C26H25N3O3/c1-18-9-7-8-10-19(18)16-27-26(30)23-17-29(20-11-5-4-6-12-20)28-25(23)22-14-13-21(31-2)15-24(22)32-3/h4-15,17H,16H2,1-3H3,(H,27,30). The highest BCUT2D eigenvalue weighted by Crippen LogP contribution is 2.34. The zero-order valence-corrected chi connectivity index (χ0v) is 18.3. The van der Waals surface area contributed by atoms with E-state index in [1.54, 1.807) is 31.2 Å². The highest BCUT2D eigenvalue weighted by atomic mass is 16.5. The summed E-state index contributed by atoms with van der Waals surface area (Å²) >= 11 is 0. The van der Waals surface area contributed by atoms with Crippen LogP contribution in [0, 0.1) is 6.92 Å². The molecule has 0 aliphatic carbocycles. The lowest BCUT2D eigenvalue weighted by atomic mass is 10.1. The minimum atomic E-state index is -0.205. The molecule has 0 bridgehead atoms. The van der Waals surface area contributed by atoms with Gasteiger partial charge in [0.1, 0.15) is 17.2 Å². The minimum absolute atomic E-state index is 0.205. The first-order chi connectivity index (χ1) is 15.6. The van der Waals surface area contributed by atoms with E-state index in [2.05, 4.69) is 5.32 Å². The second kappa shape index (κ2) is 9.39. The van der Waals surface area contributed by atoms with E-state index in [0.29, 0.717) is 34.9 Å². The van der Waals surface area contributed by atoms with Crippen molar-refractivity contribution in [2.75, 3.05) is 14.2 Å². The number of hydrogen-bond acceptors (Lipinski definition) is 4. The molecule has 32 heavy (non-hydrogen) atoms. The van der Waals surface area contributed by atoms with Crippen molar-refractivity contribution < 1.29 is 14.3 Å². The lowest BCUT2D eigenvalue weighted by Crippen LogP contribution is -2.23. The summed E-state index contributed by atoms with van der Waals surface area (Å²) in [6.07, 6.45) is 1.75. The van der Waals surface area contributed by atoms with E-state index in [0.717, 1.165) is 16.8 Å². The molecular formula is C26H25N3O3. The smallest absolute Gasteiger partial charge is 0.255 e. The monoisotopic (exact) mass is 427 g/mol. The number of rotatable bonds is 7. The van der Waals surface area contributed by atoms with Crippen molar-refractivity contribution in [2.24, 2.45) is 0 Å². The van der Waals surface area contributed by atoms with Gasteiger partial charge in [0.15, 0.2) is 0 Å². The highest BCUT2D eigenvalue weighted by molar-refractivity contribution is 6.00. The Morgan fingerprint density at radius 1 is 0.969 bits per heavy atom. The van der Waals surface area contributed by atoms with Crippen LogP contribution in [0.25, 0.3) is 16.9 Å². The van der Waals surface area contributed by atoms with Gasteiger partial charge in [-0.05, 0) is 42.3 Å². The van der Waals surface area contributed by atoms with Gasteiger partial charge in [-0.15, -0.1) is 0 Å². The van der Waals surface area contributed by atoms with E-state index < -0.39 is 0 Å². The number of carbonyl (C=O) groups is 1. The molecule has 1 heterocycles. The van der Waals surface area contributed by atoms with Crippen LogP contribution < -0.4 is 14.8 Å². The second-order valence-electron chi connectivity index (χ2n) is 7.35. The Morgan fingerprint density at radius 2 is 1.72 bits per heavy atom. The van der Waals surface area contributed by atoms with Gasteiger partial charge in [0, 0.05) is 24.4 Å². The quantitative estimate of drug-likeness (QED) is 0.460. The van der Waals surface area contributed by atoms with E-state index in [4.69, 9.17) is 14.6 Å². The third-order valence-corrected chi connectivity index (χ3v) is 5.34. The molecule has 0 radical (unpaired) electrons. The fraction of sp³-hybridized carbons (Fsp3) is 0.154. The van der Waals surface area contributed by atoms with Crippen LogP contribution in [0.3, 0.4) is 0 Å². The molecule has 4 rings (SSSR count). The van der Waals surface area contributed by atoms with Crippen molar-refractivity contribution in [1.82, 2.24) is 15.1 Å². The number of aryl methyl sites for hydroxylation is 1. The number of para-hydroxylation sites is 1. The molecule has 0 saturated carbocycles. The van der Waals surface area contributed by atoms with E-state index >= 15 is 0 Å². The maximum atomic E-state index is 13.3. The SMILES string of the molecule is COc1ccc(-c2nn(-c3ccccc3)cc2C(=O)NCc2ccccc2C)c(OC)c1. The third-order valence-electron chi connectivity index (χ3n) is 5.34. The van der Waals surface area contributed by atoms with E-state index in [1.165, 1.54) is 0 Å². The molecule has 1 N–H and O–H groups in total. The van der Waals surface area contributed by atoms with Crippen LogP contribution in [0.1, 0.15) is 21.5 Å². The molecule has 4 aromatic rings. The molecule has 0 aliphatic rings. The van der Waals surface area contributed by atoms with Gasteiger partial charge in [-0.1, -0.05) is 42.5 Å². The maximum Gasteiger partial charge on any atom is 0.255 e. The van der Waals surface area contributed by atoms with Gasteiger partial charge in [-0.25, -0.2) is 4.68 Å². The zero-order chi connectivity index (χ0) is 22.5. The van der Waals surface area contributed by atoms with Crippen LogP contribution in [0.5, 0.6) is 11.5 Å². The summed E-state index contributed by atoms with van der Waals surface area (Å²) in [7, 11) is 3.19. The second-order valence-corrected chi connectivity index (χ2v) is 7.35. The molecule has 0 fully saturated rings. The normalized spacial score (nSPS) is 10.6. The Hall–Kier alpha value is -4.06. The molecular weight excluding hydrogens is 402 g/mol. The largest absolute Gasteiger partial charge is 0.497 e. The van der Waals surface area contributed by atoms with Crippen LogP contribution in [0.4, 0.5) is 0 Å². The van der Waals surface area contributed by atoms with Crippen molar-refractivity contribution in [2.45, 2.75) is 13.5 Å². The lowest BCUT2D eigenvalue weighted by Gasteiger charge is -2.11. The molecule has 1 amide bonds. The number of nitrogens with one attached hydrogen (secondary N) is 1. The van der Waals surface area contributed by atoms with Crippen molar-refractivity contribution in [3.63, 3.8) is 0 Å². The topological polar surface area (TPSA) is 65.4 Å².